The fraction of sp³-hybridized carbons (Fsp3) is 0. The lowest BCUT2D eigenvalue weighted by molar-refractivity contribution is 0.393. The molecule has 3 aromatic rings. The maximum absolute atomic E-state index is 11.1. The van der Waals surface area contributed by atoms with Crippen LogP contribution in [0.4, 0.5) is 0 Å². The van der Waals surface area contributed by atoms with E-state index >= 15 is 0 Å². The first-order valence-electron chi connectivity index (χ1n) is 4.64. The van der Waals surface area contributed by atoms with E-state index < -0.39 is 0 Å². The molecule has 0 radical (unpaired) electrons. The van der Waals surface area contributed by atoms with Gasteiger partial charge in [0.2, 0.25) is 0 Å². The van der Waals surface area contributed by atoms with Crippen LogP contribution in [-0.4, -0.2) is 10.4 Å². The van der Waals surface area contributed by atoms with Gasteiger partial charge in [-0.1, -0.05) is 12.1 Å². The Morgan fingerprint density at radius 2 is 2.00 bits per heavy atom. The van der Waals surface area contributed by atoms with Gasteiger partial charge in [0, 0.05) is 22.3 Å². The predicted octanol–water partition coefficient (Wildman–Crippen LogP) is 1.84. The smallest absolute Gasteiger partial charge is 0.336 e. The Morgan fingerprint density at radius 1 is 1.12 bits per heavy atom. The second-order valence-corrected chi connectivity index (χ2v) is 3.30. The summed E-state index contributed by atoms with van der Waals surface area (Å²) in [7, 11) is 0. The number of hydrogen-bond acceptors (Lipinski definition) is 5. The molecule has 2 aromatic heterocycles. The van der Waals surface area contributed by atoms with Crippen molar-refractivity contribution in [2.45, 2.75) is 0 Å². The summed E-state index contributed by atoms with van der Waals surface area (Å²) in [6, 6.07) is 8.55. The van der Waals surface area contributed by atoms with Crippen molar-refractivity contribution in [3.05, 3.63) is 47.0 Å². The number of fused-ring (bicyclic) bond motifs is 1. The van der Waals surface area contributed by atoms with E-state index in [1.165, 1.54) is 12.3 Å². The lowest BCUT2D eigenvalue weighted by atomic mass is 10.1. The van der Waals surface area contributed by atoms with Gasteiger partial charge >= 0.3 is 5.63 Å². The average Bonchev–Trinajstić information content (AvgIpc) is 2.81. The molecule has 5 heteroatoms. The van der Waals surface area contributed by atoms with Crippen molar-refractivity contribution in [1.82, 2.24) is 10.4 Å². The van der Waals surface area contributed by atoms with Crippen molar-refractivity contribution in [3.8, 4) is 11.3 Å². The summed E-state index contributed by atoms with van der Waals surface area (Å²) >= 11 is 0. The summed E-state index contributed by atoms with van der Waals surface area (Å²) in [6.07, 6.45) is 1.43. The van der Waals surface area contributed by atoms with Crippen LogP contribution in [0.25, 0.3) is 22.2 Å². The number of hydrogen-bond donors (Lipinski definition) is 0. The lowest BCUT2D eigenvalue weighted by Crippen LogP contribution is -1.94. The van der Waals surface area contributed by atoms with E-state index in [1.807, 2.05) is 12.1 Å². The molecule has 0 fully saturated rings. The molecule has 0 atom stereocenters. The summed E-state index contributed by atoms with van der Waals surface area (Å²) in [6.45, 7) is 0. The Balaban J connectivity index is 2.26. The van der Waals surface area contributed by atoms with Crippen molar-refractivity contribution < 1.29 is 8.94 Å². The second-order valence-electron chi connectivity index (χ2n) is 3.30. The van der Waals surface area contributed by atoms with Gasteiger partial charge in [-0.15, -0.1) is 5.10 Å². The maximum Gasteiger partial charge on any atom is 0.336 e. The topological polar surface area (TPSA) is 69.1 Å². The van der Waals surface area contributed by atoms with Crippen molar-refractivity contribution in [3.63, 3.8) is 0 Å². The highest BCUT2D eigenvalue weighted by atomic mass is 16.5. The van der Waals surface area contributed by atoms with Crippen molar-refractivity contribution in [2.75, 3.05) is 0 Å². The summed E-state index contributed by atoms with van der Waals surface area (Å²) in [5.74, 6) is 0. The molecule has 3 rings (SSSR count). The van der Waals surface area contributed by atoms with Crippen LogP contribution in [-0.2, 0) is 0 Å². The molecule has 78 valence electrons. The predicted molar refractivity (Wildman–Crippen MR) is 55.8 cm³/mol. The second kappa shape index (κ2) is 3.30. The van der Waals surface area contributed by atoms with Gasteiger partial charge in [0.15, 0.2) is 6.26 Å². The van der Waals surface area contributed by atoms with Crippen molar-refractivity contribution in [1.29, 1.82) is 0 Å². The molecular formula is C11H6N2O3. The molecule has 0 amide bonds. The SMILES string of the molecule is O=c1ccc2ccc(-c3conn3)cc2o1. The van der Waals surface area contributed by atoms with Gasteiger partial charge in [-0.05, 0) is 12.1 Å². The molecule has 0 N–H and O–H groups in total. The summed E-state index contributed by atoms with van der Waals surface area (Å²) in [5, 5.41) is 8.02. The van der Waals surface area contributed by atoms with Crippen LogP contribution in [0.3, 0.4) is 0 Å². The third kappa shape index (κ3) is 1.38. The Bertz CT molecular complexity index is 686. The van der Waals surface area contributed by atoms with E-state index in [1.54, 1.807) is 12.1 Å². The minimum absolute atomic E-state index is 0.372. The molecule has 0 saturated carbocycles. The van der Waals surface area contributed by atoms with E-state index in [0.29, 0.717) is 11.3 Å². The number of rotatable bonds is 1. The van der Waals surface area contributed by atoms with E-state index in [4.69, 9.17) is 4.42 Å². The molecule has 1 aromatic carbocycles. The van der Waals surface area contributed by atoms with Crippen LogP contribution in [0.1, 0.15) is 0 Å². The standard InChI is InChI=1S/C11H6N2O3/c14-11-4-3-7-1-2-8(5-10(7)16-11)9-6-15-13-12-9/h1-6H. The highest BCUT2D eigenvalue weighted by molar-refractivity contribution is 5.81. The molecule has 0 aliphatic rings. The van der Waals surface area contributed by atoms with Gasteiger partial charge in [0.1, 0.15) is 11.3 Å². The fourth-order valence-corrected chi connectivity index (χ4v) is 1.51. The Morgan fingerprint density at radius 3 is 2.81 bits per heavy atom. The van der Waals surface area contributed by atoms with Crippen molar-refractivity contribution in [2.24, 2.45) is 0 Å². The summed E-state index contributed by atoms with van der Waals surface area (Å²) < 4.78 is 9.72. The molecule has 2 heterocycles. The first-order valence-corrected chi connectivity index (χ1v) is 4.64. The maximum atomic E-state index is 11.1. The van der Waals surface area contributed by atoms with Gasteiger partial charge in [0.05, 0.1) is 0 Å². The molecule has 0 spiro atoms. The average molecular weight is 214 g/mol. The molecule has 5 nitrogen and oxygen atoms in total. The Kier molecular flexibility index (Phi) is 1.83. The fourth-order valence-electron chi connectivity index (χ4n) is 1.51. The molecule has 0 saturated heterocycles. The van der Waals surface area contributed by atoms with Gasteiger partial charge in [-0.25, -0.2) is 4.79 Å². The highest BCUT2D eigenvalue weighted by Crippen LogP contribution is 2.21. The third-order valence-electron chi connectivity index (χ3n) is 2.28. The molecule has 16 heavy (non-hydrogen) atoms. The quantitative estimate of drug-likeness (QED) is 0.578. The Hall–Kier alpha value is -2.43. The normalized spacial score (nSPS) is 10.8. The molecule has 0 aliphatic carbocycles. The number of aromatic nitrogens is 2. The number of benzene rings is 1. The summed E-state index contributed by atoms with van der Waals surface area (Å²) in [5.41, 5.74) is 1.55. The van der Waals surface area contributed by atoms with E-state index in [-0.39, 0.29) is 5.63 Å². The van der Waals surface area contributed by atoms with Gasteiger partial charge in [0.25, 0.3) is 0 Å². The Labute approximate surface area is 89.3 Å². The minimum Gasteiger partial charge on any atom is -0.423 e. The molecule has 0 bridgehead atoms. The van der Waals surface area contributed by atoms with Gasteiger partial charge < -0.3 is 8.94 Å². The third-order valence-corrected chi connectivity index (χ3v) is 2.28. The lowest BCUT2D eigenvalue weighted by Gasteiger charge is -1.97. The highest BCUT2D eigenvalue weighted by Gasteiger charge is 2.04. The molecule has 0 unspecified atom stereocenters. The van der Waals surface area contributed by atoms with Gasteiger partial charge in [-0.3, -0.25) is 0 Å². The van der Waals surface area contributed by atoms with E-state index in [0.717, 1.165) is 10.9 Å². The first-order chi connectivity index (χ1) is 7.83. The molecular weight excluding hydrogens is 208 g/mol. The van der Waals surface area contributed by atoms with E-state index in [2.05, 4.69) is 14.9 Å². The van der Waals surface area contributed by atoms with Crippen LogP contribution >= 0.6 is 0 Å². The molecule has 0 aliphatic heterocycles. The summed E-state index contributed by atoms with van der Waals surface area (Å²) in [4.78, 5) is 11.1. The zero-order chi connectivity index (χ0) is 11.0. The minimum atomic E-state index is -0.372. The van der Waals surface area contributed by atoms with Crippen LogP contribution in [0.5, 0.6) is 0 Å². The first kappa shape index (κ1) is 8.84. The van der Waals surface area contributed by atoms with E-state index in [9.17, 15) is 4.79 Å². The van der Waals surface area contributed by atoms with Crippen molar-refractivity contribution >= 4 is 11.0 Å². The van der Waals surface area contributed by atoms with Crippen LogP contribution in [0.2, 0.25) is 0 Å². The zero-order valence-electron chi connectivity index (χ0n) is 8.08. The van der Waals surface area contributed by atoms with Crippen LogP contribution < -0.4 is 5.63 Å². The van der Waals surface area contributed by atoms with Crippen LogP contribution in [0.15, 0.2) is 50.3 Å². The largest absolute Gasteiger partial charge is 0.423 e. The number of nitrogens with zero attached hydrogens (tertiary/aromatic N) is 2. The van der Waals surface area contributed by atoms with Gasteiger partial charge in [-0.2, -0.15) is 0 Å². The van der Waals surface area contributed by atoms with Crippen LogP contribution in [0, 0.1) is 0 Å². The zero-order valence-corrected chi connectivity index (χ0v) is 8.08. The monoisotopic (exact) mass is 214 g/mol.